The van der Waals surface area contributed by atoms with Crippen molar-refractivity contribution in [1.29, 1.82) is 0 Å². The van der Waals surface area contributed by atoms with Gasteiger partial charge in [0.1, 0.15) is 0 Å². The van der Waals surface area contributed by atoms with Gasteiger partial charge in [-0.15, -0.1) is 6.58 Å². The van der Waals surface area contributed by atoms with Gasteiger partial charge in [0.2, 0.25) is 0 Å². The fourth-order valence-electron chi connectivity index (χ4n) is 0.592. The molecule has 0 aliphatic carbocycles. The third kappa shape index (κ3) is 21.8. The first kappa shape index (κ1) is 22.6. The second kappa shape index (κ2) is 15.7. The zero-order valence-corrected chi connectivity index (χ0v) is 12.1. The lowest BCUT2D eigenvalue weighted by Gasteiger charge is -2.17. The Morgan fingerprint density at radius 2 is 1.33 bits per heavy atom. The van der Waals surface area contributed by atoms with Crippen molar-refractivity contribution in [3.63, 3.8) is 0 Å². The lowest BCUT2D eigenvalue weighted by atomic mass is 10.7. The fourth-order valence-corrected chi connectivity index (χ4v) is 0.860. The van der Waals surface area contributed by atoms with Crippen LogP contribution in [0.3, 0.4) is 0 Å². The standard InChI is InChI=1S/C6H15NO6.C3H6O4S/c8-1-4-11-7(12-5-2-9)13-6-3-10;1-2-3-7-8(4,5)6/h8-10H,1-6H2;2H,1,3H2,(H,4,5,6). The summed E-state index contributed by atoms with van der Waals surface area (Å²) in [6.07, 6.45) is 1.22. The van der Waals surface area contributed by atoms with E-state index in [1.165, 1.54) is 6.08 Å². The number of rotatable bonds is 12. The maximum atomic E-state index is 9.68. The SMILES string of the molecule is C=CCOS(=O)(=O)O.OCCON(OCCO)OCCO. The van der Waals surface area contributed by atoms with E-state index >= 15 is 0 Å². The van der Waals surface area contributed by atoms with Crippen LogP contribution in [0.2, 0.25) is 0 Å². The molecular weight excluding hydrogens is 314 g/mol. The summed E-state index contributed by atoms with van der Waals surface area (Å²) >= 11 is 0. The Bertz CT molecular complexity index is 303. The van der Waals surface area contributed by atoms with Crippen molar-refractivity contribution in [2.24, 2.45) is 0 Å². The maximum absolute atomic E-state index is 9.68. The maximum Gasteiger partial charge on any atom is 0.397 e. The molecule has 0 spiro atoms. The van der Waals surface area contributed by atoms with Crippen molar-refractivity contribution in [2.75, 3.05) is 46.2 Å². The minimum atomic E-state index is -4.26. The molecule has 0 bridgehead atoms. The van der Waals surface area contributed by atoms with E-state index in [0.29, 0.717) is 5.39 Å². The molecule has 0 unspecified atom stereocenters. The number of aliphatic hydroxyl groups is 3. The molecule has 0 saturated heterocycles. The molecule has 128 valence electrons. The Hall–Kier alpha value is -0.670. The molecule has 0 radical (unpaired) electrons. The molecule has 0 aromatic rings. The molecule has 0 aliphatic heterocycles. The third-order valence-corrected chi connectivity index (χ3v) is 1.63. The van der Waals surface area contributed by atoms with Crippen molar-refractivity contribution < 1.29 is 47.0 Å². The van der Waals surface area contributed by atoms with Gasteiger partial charge >= 0.3 is 10.4 Å². The molecule has 0 aromatic heterocycles. The third-order valence-electron chi connectivity index (χ3n) is 1.20. The van der Waals surface area contributed by atoms with Gasteiger partial charge in [0, 0.05) is 0 Å². The van der Waals surface area contributed by atoms with Gasteiger partial charge < -0.3 is 15.3 Å². The van der Waals surface area contributed by atoms with Gasteiger partial charge in [-0.3, -0.25) is 4.55 Å². The Kier molecular flexibility index (Phi) is 16.9. The first-order valence-electron chi connectivity index (χ1n) is 5.65. The van der Waals surface area contributed by atoms with Crippen molar-refractivity contribution in [1.82, 2.24) is 5.39 Å². The molecule has 4 N–H and O–H groups in total. The fraction of sp³-hybridized carbons (Fsp3) is 0.778. The average molecular weight is 335 g/mol. The van der Waals surface area contributed by atoms with Crippen molar-refractivity contribution in [3.05, 3.63) is 12.7 Å². The highest BCUT2D eigenvalue weighted by atomic mass is 32.3. The van der Waals surface area contributed by atoms with E-state index in [9.17, 15) is 8.42 Å². The molecule has 0 heterocycles. The Labute approximate surface area is 122 Å². The summed E-state index contributed by atoms with van der Waals surface area (Å²) < 4.78 is 31.0. The summed E-state index contributed by atoms with van der Waals surface area (Å²) in [7, 11) is -4.26. The Balaban J connectivity index is 0. The van der Waals surface area contributed by atoms with Crippen LogP contribution in [0.1, 0.15) is 0 Å². The summed E-state index contributed by atoms with van der Waals surface area (Å²) in [5, 5.41) is 25.9. The van der Waals surface area contributed by atoms with E-state index in [4.69, 9.17) is 34.4 Å². The zero-order chi connectivity index (χ0) is 16.6. The average Bonchev–Trinajstić information content (AvgIpc) is 2.44. The van der Waals surface area contributed by atoms with Crippen LogP contribution in [0.15, 0.2) is 12.7 Å². The number of hydrogen-bond acceptors (Lipinski definition) is 10. The first-order chi connectivity index (χ1) is 9.91. The zero-order valence-electron chi connectivity index (χ0n) is 11.3. The summed E-state index contributed by atoms with van der Waals surface area (Å²) in [5.41, 5.74) is 0. The van der Waals surface area contributed by atoms with E-state index < -0.39 is 10.4 Å². The van der Waals surface area contributed by atoms with Gasteiger partial charge in [-0.25, -0.2) is 18.7 Å². The van der Waals surface area contributed by atoms with Crippen LogP contribution >= 0.6 is 0 Å². The van der Waals surface area contributed by atoms with Crippen LogP contribution in [-0.4, -0.2) is 79.9 Å². The normalized spacial score (nSPS) is 11.1. The smallest absolute Gasteiger partial charge is 0.394 e. The van der Waals surface area contributed by atoms with Crippen LogP contribution in [0.25, 0.3) is 0 Å². The number of nitrogens with zero attached hydrogens (tertiary/aromatic N) is 1. The largest absolute Gasteiger partial charge is 0.397 e. The van der Waals surface area contributed by atoms with Crippen molar-refractivity contribution in [3.8, 4) is 0 Å². The highest BCUT2D eigenvalue weighted by Gasteiger charge is 2.05. The van der Waals surface area contributed by atoms with Crippen molar-refractivity contribution >= 4 is 10.4 Å². The van der Waals surface area contributed by atoms with E-state index in [1.807, 2.05) is 0 Å². The Morgan fingerprint density at radius 3 is 1.52 bits per heavy atom. The summed E-state index contributed by atoms with van der Waals surface area (Å²) in [5.74, 6) is 0. The van der Waals surface area contributed by atoms with Crippen LogP contribution in [0, 0.1) is 0 Å². The predicted molar refractivity (Wildman–Crippen MR) is 68.7 cm³/mol. The highest BCUT2D eigenvalue weighted by molar-refractivity contribution is 7.80. The molecule has 12 heteroatoms. The second-order valence-corrected chi connectivity index (χ2v) is 3.99. The minimum Gasteiger partial charge on any atom is -0.394 e. The Morgan fingerprint density at radius 1 is 0.952 bits per heavy atom. The van der Waals surface area contributed by atoms with E-state index in [2.05, 4.69) is 10.8 Å². The monoisotopic (exact) mass is 335 g/mol. The molecule has 21 heavy (non-hydrogen) atoms. The van der Waals surface area contributed by atoms with Gasteiger partial charge in [0.05, 0.1) is 51.6 Å². The van der Waals surface area contributed by atoms with Crippen LogP contribution in [-0.2, 0) is 29.1 Å². The number of aliphatic hydroxyl groups excluding tert-OH is 3. The molecule has 0 aliphatic rings. The second-order valence-electron chi connectivity index (χ2n) is 2.90. The van der Waals surface area contributed by atoms with Gasteiger partial charge in [-0.05, 0) is 0 Å². The summed E-state index contributed by atoms with van der Waals surface area (Å²) in [4.78, 5) is 14.1. The molecule has 0 aromatic carbocycles. The van der Waals surface area contributed by atoms with Gasteiger partial charge in [-0.1, -0.05) is 6.08 Å². The quantitative estimate of drug-likeness (QED) is 0.179. The van der Waals surface area contributed by atoms with Gasteiger partial charge in [-0.2, -0.15) is 8.42 Å². The highest BCUT2D eigenvalue weighted by Crippen LogP contribution is 1.93. The van der Waals surface area contributed by atoms with Gasteiger partial charge in [0.15, 0.2) is 0 Å². The minimum absolute atomic E-state index is 0.0108. The topological polar surface area (TPSA) is 155 Å². The van der Waals surface area contributed by atoms with E-state index in [0.717, 1.165) is 0 Å². The van der Waals surface area contributed by atoms with Crippen LogP contribution in [0.5, 0.6) is 0 Å². The molecule has 11 nitrogen and oxygen atoms in total. The molecule has 0 atom stereocenters. The molecule has 0 saturated carbocycles. The number of hydrogen-bond donors (Lipinski definition) is 4. The molecular formula is C9H21NO10S. The van der Waals surface area contributed by atoms with Crippen LogP contribution in [0.4, 0.5) is 0 Å². The van der Waals surface area contributed by atoms with E-state index in [-0.39, 0.29) is 46.2 Å². The predicted octanol–water partition coefficient (Wildman–Crippen LogP) is -1.95. The summed E-state index contributed by atoms with van der Waals surface area (Å²) in [6, 6.07) is 0. The lowest BCUT2D eigenvalue weighted by Crippen LogP contribution is -2.28. The summed E-state index contributed by atoms with van der Waals surface area (Å²) in [6.45, 7) is 2.46. The van der Waals surface area contributed by atoms with E-state index in [1.54, 1.807) is 0 Å². The lowest BCUT2D eigenvalue weighted by molar-refractivity contribution is -0.527. The first-order valence-corrected chi connectivity index (χ1v) is 7.02. The molecule has 0 rings (SSSR count). The van der Waals surface area contributed by atoms with Crippen molar-refractivity contribution in [2.45, 2.75) is 0 Å². The molecule has 0 amide bonds. The van der Waals surface area contributed by atoms with Gasteiger partial charge in [0.25, 0.3) is 0 Å². The van der Waals surface area contributed by atoms with Crippen LogP contribution < -0.4 is 0 Å². The molecule has 0 fully saturated rings.